The van der Waals surface area contributed by atoms with Crippen molar-refractivity contribution in [3.05, 3.63) is 22.5 Å². The van der Waals surface area contributed by atoms with Crippen LogP contribution in [0.25, 0.3) is 11.3 Å². The molecule has 1 N–H and O–H groups in total. The first kappa shape index (κ1) is 12.5. The van der Waals surface area contributed by atoms with E-state index in [2.05, 4.69) is 32.5 Å². The molecule has 0 bridgehead atoms. The highest BCUT2D eigenvalue weighted by Gasteiger charge is 2.25. The van der Waals surface area contributed by atoms with Crippen LogP contribution in [0.4, 0.5) is 0 Å². The SMILES string of the molecule is c1cc(-c2nnn3c2CO[C@@H](CNCC2CC2)C3)cs1. The number of rotatable bonds is 5. The van der Waals surface area contributed by atoms with E-state index in [4.69, 9.17) is 4.74 Å². The van der Waals surface area contributed by atoms with Crippen LogP contribution < -0.4 is 5.32 Å². The zero-order valence-electron chi connectivity index (χ0n) is 11.3. The molecule has 106 valence electrons. The number of thiophene rings is 1. The Kier molecular flexibility index (Phi) is 3.29. The monoisotopic (exact) mass is 290 g/mol. The van der Waals surface area contributed by atoms with Gasteiger partial charge in [-0.25, -0.2) is 4.68 Å². The predicted molar refractivity (Wildman–Crippen MR) is 77.5 cm³/mol. The molecule has 1 atom stereocenters. The third-order valence-electron chi connectivity index (χ3n) is 3.97. The fraction of sp³-hybridized carbons (Fsp3) is 0.571. The molecular weight excluding hydrogens is 272 g/mol. The molecule has 20 heavy (non-hydrogen) atoms. The third-order valence-corrected chi connectivity index (χ3v) is 4.65. The molecule has 0 radical (unpaired) electrons. The maximum Gasteiger partial charge on any atom is 0.119 e. The second kappa shape index (κ2) is 5.27. The van der Waals surface area contributed by atoms with Gasteiger partial charge < -0.3 is 10.1 Å². The standard InChI is InChI=1S/C14H18N4OS/c1-2-10(1)5-15-6-12-7-18-13(8-19-12)14(16-17-18)11-3-4-20-9-11/h3-4,9-10,12,15H,1-2,5-8H2/t12-/m0/s1. The summed E-state index contributed by atoms with van der Waals surface area (Å²) in [4.78, 5) is 0. The summed E-state index contributed by atoms with van der Waals surface area (Å²) in [7, 11) is 0. The highest BCUT2D eigenvalue weighted by molar-refractivity contribution is 7.08. The Bertz CT molecular complexity index is 576. The first-order valence-electron chi connectivity index (χ1n) is 7.17. The smallest absolute Gasteiger partial charge is 0.119 e. The predicted octanol–water partition coefficient (Wildman–Crippen LogP) is 1.90. The van der Waals surface area contributed by atoms with Crippen LogP contribution in [0.5, 0.6) is 0 Å². The zero-order valence-corrected chi connectivity index (χ0v) is 12.1. The molecule has 1 fully saturated rings. The van der Waals surface area contributed by atoms with E-state index in [-0.39, 0.29) is 6.10 Å². The average Bonchev–Trinajstić information content (AvgIpc) is 2.98. The number of hydrogen-bond donors (Lipinski definition) is 1. The first-order valence-corrected chi connectivity index (χ1v) is 8.11. The lowest BCUT2D eigenvalue weighted by atomic mass is 10.2. The highest BCUT2D eigenvalue weighted by Crippen LogP contribution is 2.28. The lowest BCUT2D eigenvalue weighted by Crippen LogP contribution is -2.37. The quantitative estimate of drug-likeness (QED) is 0.914. The molecule has 1 aliphatic carbocycles. The van der Waals surface area contributed by atoms with Crippen LogP contribution >= 0.6 is 11.3 Å². The van der Waals surface area contributed by atoms with Crippen molar-refractivity contribution < 1.29 is 4.74 Å². The molecule has 4 rings (SSSR count). The van der Waals surface area contributed by atoms with E-state index in [0.29, 0.717) is 6.61 Å². The maximum atomic E-state index is 5.94. The van der Waals surface area contributed by atoms with Gasteiger partial charge in [-0.1, -0.05) is 5.21 Å². The molecular formula is C14H18N4OS. The summed E-state index contributed by atoms with van der Waals surface area (Å²) in [5.74, 6) is 0.908. The van der Waals surface area contributed by atoms with Crippen LogP contribution in [0.1, 0.15) is 18.5 Å². The van der Waals surface area contributed by atoms with Gasteiger partial charge in [-0.15, -0.1) is 5.10 Å². The third kappa shape index (κ3) is 2.51. The molecule has 2 aromatic rings. The Morgan fingerprint density at radius 2 is 2.35 bits per heavy atom. The van der Waals surface area contributed by atoms with Crippen molar-refractivity contribution >= 4 is 11.3 Å². The Morgan fingerprint density at radius 3 is 3.15 bits per heavy atom. The fourth-order valence-electron chi connectivity index (χ4n) is 2.58. The lowest BCUT2D eigenvalue weighted by molar-refractivity contribution is 0.00139. The van der Waals surface area contributed by atoms with Crippen LogP contribution in [0, 0.1) is 5.92 Å². The molecule has 0 amide bonds. The number of ether oxygens (including phenoxy) is 1. The second-order valence-corrected chi connectivity index (χ2v) is 6.39. The fourth-order valence-corrected chi connectivity index (χ4v) is 3.22. The molecule has 1 saturated carbocycles. The Morgan fingerprint density at radius 1 is 1.40 bits per heavy atom. The normalized spacial score (nSPS) is 21.9. The van der Waals surface area contributed by atoms with Gasteiger partial charge in [0.2, 0.25) is 0 Å². The van der Waals surface area contributed by atoms with Crippen molar-refractivity contribution in [1.82, 2.24) is 20.3 Å². The number of hydrogen-bond acceptors (Lipinski definition) is 5. The summed E-state index contributed by atoms with van der Waals surface area (Å²) in [5, 5.41) is 16.3. The molecule has 0 spiro atoms. The Balaban J connectivity index is 1.41. The number of aromatic nitrogens is 3. The minimum atomic E-state index is 0.207. The molecule has 3 heterocycles. The van der Waals surface area contributed by atoms with Gasteiger partial charge in [0.05, 0.1) is 24.9 Å². The Hall–Kier alpha value is -1.24. The van der Waals surface area contributed by atoms with Gasteiger partial charge in [0.25, 0.3) is 0 Å². The van der Waals surface area contributed by atoms with E-state index in [1.54, 1.807) is 11.3 Å². The molecule has 5 nitrogen and oxygen atoms in total. The van der Waals surface area contributed by atoms with Crippen molar-refractivity contribution in [1.29, 1.82) is 0 Å². The Labute approximate surface area is 121 Å². The van der Waals surface area contributed by atoms with E-state index in [9.17, 15) is 0 Å². The van der Waals surface area contributed by atoms with Gasteiger partial charge >= 0.3 is 0 Å². The van der Waals surface area contributed by atoms with Gasteiger partial charge in [0.1, 0.15) is 5.69 Å². The van der Waals surface area contributed by atoms with Crippen molar-refractivity contribution in [3.8, 4) is 11.3 Å². The van der Waals surface area contributed by atoms with Crippen LogP contribution in [0.2, 0.25) is 0 Å². The summed E-state index contributed by atoms with van der Waals surface area (Å²) in [6.07, 6.45) is 2.98. The number of fused-ring (bicyclic) bond motifs is 1. The summed E-state index contributed by atoms with van der Waals surface area (Å²) in [6, 6.07) is 2.08. The van der Waals surface area contributed by atoms with Crippen LogP contribution in [0.15, 0.2) is 16.8 Å². The number of nitrogens with zero attached hydrogens (tertiary/aromatic N) is 3. The zero-order chi connectivity index (χ0) is 13.4. The lowest BCUT2D eigenvalue weighted by Gasteiger charge is -2.24. The molecule has 2 aromatic heterocycles. The topological polar surface area (TPSA) is 52.0 Å². The van der Waals surface area contributed by atoms with Crippen LogP contribution in [-0.2, 0) is 17.9 Å². The van der Waals surface area contributed by atoms with Crippen molar-refractivity contribution in [2.75, 3.05) is 13.1 Å². The molecule has 6 heteroatoms. The van der Waals surface area contributed by atoms with Crippen molar-refractivity contribution in [2.24, 2.45) is 5.92 Å². The molecule has 0 aromatic carbocycles. The molecule has 0 saturated heterocycles. The van der Waals surface area contributed by atoms with Gasteiger partial charge in [-0.3, -0.25) is 0 Å². The minimum absolute atomic E-state index is 0.207. The molecule has 2 aliphatic rings. The van der Waals surface area contributed by atoms with E-state index in [1.165, 1.54) is 12.8 Å². The van der Waals surface area contributed by atoms with E-state index in [0.717, 1.165) is 42.5 Å². The summed E-state index contributed by atoms with van der Waals surface area (Å²) in [5.41, 5.74) is 3.21. The number of nitrogens with one attached hydrogen (secondary N) is 1. The summed E-state index contributed by atoms with van der Waals surface area (Å²) in [6.45, 7) is 3.44. The van der Waals surface area contributed by atoms with Crippen molar-refractivity contribution in [2.45, 2.75) is 32.1 Å². The van der Waals surface area contributed by atoms with Crippen molar-refractivity contribution in [3.63, 3.8) is 0 Å². The molecule has 1 aliphatic heterocycles. The average molecular weight is 290 g/mol. The van der Waals surface area contributed by atoms with Crippen LogP contribution in [-0.4, -0.2) is 34.2 Å². The second-order valence-electron chi connectivity index (χ2n) is 5.61. The van der Waals surface area contributed by atoms with Gasteiger partial charge in [-0.2, -0.15) is 11.3 Å². The van der Waals surface area contributed by atoms with E-state index >= 15 is 0 Å². The largest absolute Gasteiger partial charge is 0.369 e. The molecule has 0 unspecified atom stereocenters. The van der Waals surface area contributed by atoms with E-state index < -0.39 is 0 Å². The highest BCUT2D eigenvalue weighted by atomic mass is 32.1. The van der Waals surface area contributed by atoms with Gasteiger partial charge in [0.15, 0.2) is 0 Å². The maximum absolute atomic E-state index is 5.94. The van der Waals surface area contributed by atoms with Crippen LogP contribution in [0.3, 0.4) is 0 Å². The summed E-state index contributed by atoms with van der Waals surface area (Å²) < 4.78 is 7.94. The van der Waals surface area contributed by atoms with Gasteiger partial charge in [-0.05, 0) is 36.8 Å². The first-order chi connectivity index (χ1) is 9.90. The van der Waals surface area contributed by atoms with E-state index in [1.807, 2.05) is 4.68 Å². The van der Waals surface area contributed by atoms with Gasteiger partial charge in [0, 0.05) is 17.5 Å². The summed E-state index contributed by atoms with van der Waals surface area (Å²) >= 11 is 1.68. The minimum Gasteiger partial charge on any atom is -0.369 e.